The van der Waals surface area contributed by atoms with Crippen molar-refractivity contribution in [2.45, 2.75) is 37.9 Å². The summed E-state index contributed by atoms with van der Waals surface area (Å²) in [7, 11) is 0. The third kappa shape index (κ3) is 3.14. The van der Waals surface area contributed by atoms with E-state index in [1.807, 2.05) is 6.07 Å². The molecular weight excluding hydrogens is 298 g/mol. The molecule has 0 saturated carbocycles. The topological polar surface area (TPSA) is 33.1 Å². The van der Waals surface area contributed by atoms with Crippen LogP contribution in [0.3, 0.4) is 0 Å². The maximum Gasteiger partial charge on any atom is 0.151 e. The average Bonchev–Trinajstić information content (AvgIpc) is 3.08. The van der Waals surface area contributed by atoms with Crippen LogP contribution in [0, 0.1) is 11.6 Å². The summed E-state index contributed by atoms with van der Waals surface area (Å²) in [5.74, 6) is -1.18. The van der Waals surface area contributed by atoms with Gasteiger partial charge in [-0.2, -0.15) is 5.10 Å². The van der Waals surface area contributed by atoms with Crippen LogP contribution in [0.2, 0.25) is 0 Å². The van der Waals surface area contributed by atoms with Gasteiger partial charge in [0.1, 0.15) is 11.5 Å². The molecule has 2 aliphatic rings. The van der Waals surface area contributed by atoms with Gasteiger partial charge in [0.15, 0.2) is 5.82 Å². The van der Waals surface area contributed by atoms with Gasteiger partial charge in [-0.15, -0.1) is 0 Å². The van der Waals surface area contributed by atoms with Gasteiger partial charge in [0.2, 0.25) is 0 Å². The highest BCUT2D eigenvalue weighted by atomic mass is 19.1. The van der Waals surface area contributed by atoms with Crippen LogP contribution in [-0.2, 0) is 6.54 Å². The average molecular weight is 318 g/mol. The Kier molecular flexibility index (Phi) is 3.87. The molecular formula is C17H20F2N4. The Bertz CT molecular complexity index is 700. The number of nitrogens with one attached hydrogen (secondary N) is 1. The third-order valence-electron chi connectivity index (χ3n) is 4.79. The minimum absolute atomic E-state index is 0.272. The molecule has 2 aliphatic heterocycles. The quantitative estimate of drug-likeness (QED) is 0.944. The van der Waals surface area contributed by atoms with E-state index in [1.54, 1.807) is 6.20 Å². The van der Waals surface area contributed by atoms with E-state index in [1.165, 1.54) is 36.1 Å². The van der Waals surface area contributed by atoms with Crippen molar-refractivity contribution in [3.8, 4) is 5.69 Å². The van der Waals surface area contributed by atoms with Crippen molar-refractivity contribution < 1.29 is 8.78 Å². The molecule has 122 valence electrons. The highest BCUT2D eigenvalue weighted by Crippen LogP contribution is 2.21. The second kappa shape index (κ2) is 6.02. The van der Waals surface area contributed by atoms with Crippen LogP contribution in [-0.4, -0.2) is 39.9 Å². The summed E-state index contributed by atoms with van der Waals surface area (Å²) in [5.41, 5.74) is 1.18. The summed E-state index contributed by atoms with van der Waals surface area (Å²) in [6.45, 7) is 2.86. The molecule has 23 heavy (non-hydrogen) atoms. The molecule has 0 amide bonds. The summed E-state index contributed by atoms with van der Waals surface area (Å²) in [5, 5.41) is 8.11. The van der Waals surface area contributed by atoms with E-state index in [0.717, 1.165) is 31.4 Å². The van der Waals surface area contributed by atoms with Crippen LogP contribution < -0.4 is 5.32 Å². The first kappa shape index (κ1) is 14.8. The van der Waals surface area contributed by atoms with Crippen LogP contribution >= 0.6 is 0 Å². The van der Waals surface area contributed by atoms with Gasteiger partial charge >= 0.3 is 0 Å². The first-order chi connectivity index (χ1) is 11.2. The number of nitrogens with zero attached hydrogens (tertiary/aromatic N) is 3. The number of aromatic nitrogens is 2. The molecule has 1 aromatic carbocycles. The lowest BCUT2D eigenvalue weighted by Crippen LogP contribution is -2.35. The summed E-state index contributed by atoms with van der Waals surface area (Å²) in [6.07, 6.45) is 5.44. The van der Waals surface area contributed by atoms with E-state index < -0.39 is 11.6 Å². The number of rotatable bonds is 3. The smallest absolute Gasteiger partial charge is 0.151 e. The van der Waals surface area contributed by atoms with E-state index in [0.29, 0.717) is 12.1 Å². The second-order valence-corrected chi connectivity index (χ2v) is 6.51. The highest BCUT2D eigenvalue weighted by molar-refractivity contribution is 5.33. The van der Waals surface area contributed by atoms with E-state index >= 15 is 0 Å². The van der Waals surface area contributed by atoms with Crippen molar-refractivity contribution in [2.75, 3.05) is 13.1 Å². The number of halogens is 2. The SMILES string of the molecule is Fc1ccc(-n2ccc(CN3CCC4CCC(C3)N4)n2)c(F)c1. The zero-order valence-electron chi connectivity index (χ0n) is 12.9. The first-order valence-corrected chi connectivity index (χ1v) is 8.16. The van der Waals surface area contributed by atoms with Crippen LogP contribution in [0.1, 0.15) is 25.0 Å². The molecule has 2 unspecified atom stereocenters. The molecule has 6 heteroatoms. The molecule has 2 atom stereocenters. The van der Waals surface area contributed by atoms with Crippen LogP contribution in [0.5, 0.6) is 0 Å². The van der Waals surface area contributed by atoms with Gasteiger partial charge in [0.05, 0.1) is 5.69 Å². The van der Waals surface area contributed by atoms with Gasteiger partial charge < -0.3 is 5.32 Å². The summed E-state index contributed by atoms with van der Waals surface area (Å²) >= 11 is 0. The normalized spacial score (nSPS) is 24.8. The zero-order chi connectivity index (χ0) is 15.8. The number of hydrogen-bond donors (Lipinski definition) is 1. The number of fused-ring (bicyclic) bond motifs is 2. The summed E-state index contributed by atoms with van der Waals surface area (Å²) in [6, 6.07) is 6.69. The fraction of sp³-hybridized carbons (Fsp3) is 0.471. The lowest BCUT2D eigenvalue weighted by Gasteiger charge is -2.22. The Hall–Kier alpha value is -1.79. The maximum absolute atomic E-state index is 13.8. The van der Waals surface area contributed by atoms with Gasteiger partial charge in [-0.3, -0.25) is 4.90 Å². The second-order valence-electron chi connectivity index (χ2n) is 6.51. The molecule has 2 fully saturated rings. The Morgan fingerprint density at radius 3 is 2.87 bits per heavy atom. The molecule has 0 aliphatic carbocycles. The van der Waals surface area contributed by atoms with Crippen LogP contribution in [0.25, 0.3) is 5.69 Å². The minimum Gasteiger partial charge on any atom is -0.310 e. The van der Waals surface area contributed by atoms with E-state index in [4.69, 9.17) is 0 Å². The zero-order valence-corrected chi connectivity index (χ0v) is 12.9. The minimum atomic E-state index is -0.601. The maximum atomic E-state index is 13.8. The van der Waals surface area contributed by atoms with Gasteiger partial charge in [-0.05, 0) is 37.5 Å². The van der Waals surface area contributed by atoms with Gasteiger partial charge in [-0.25, -0.2) is 13.5 Å². The van der Waals surface area contributed by atoms with Crippen molar-refractivity contribution in [3.05, 3.63) is 47.8 Å². The largest absolute Gasteiger partial charge is 0.310 e. The van der Waals surface area contributed by atoms with Crippen LogP contribution in [0.4, 0.5) is 8.78 Å². The van der Waals surface area contributed by atoms with Crippen LogP contribution in [0.15, 0.2) is 30.5 Å². The molecule has 0 radical (unpaired) electrons. The lowest BCUT2D eigenvalue weighted by molar-refractivity contribution is 0.248. The van der Waals surface area contributed by atoms with Crippen molar-refractivity contribution in [2.24, 2.45) is 0 Å². The van der Waals surface area contributed by atoms with Crippen molar-refractivity contribution in [1.29, 1.82) is 0 Å². The summed E-state index contributed by atoms with van der Waals surface area (Å²) < 4.78 is 28.3. The molecule has 2 bridgehead atoms. The predicted molar refractivity (Wildman–Crippen MR) is 83.3 cm³/mol. The molecule has 2 aromatic rings. The lowest BCUT2D eigenvalue weighted by atomic mass is 10.1. The Balaban J connectivity index is 1.47. The monoisotopic (exact) mass is 318 g/mol. The van der Waals surface area contributed by atoms with Gasteiger partial charge in [0, 0.05) is 44.0 Å². The fourth-order valence-electron chi connectivity index (χ4n) is 3.64. The molecule has 0 spiro atoms. The van der Waals surface area contributed by atoms with Crippen molar-refractivity contribution >= 4 is 0 Å². The summed E-state index contributed by atoms with van der Waals surface area (Å²) in [4.78, 5) is 2.41. The Morgan fingerprint density at radius 2 is 2.00 bits per heavy atom. The predicted octanol–water partition coefficient (Wildman–Crippen LogP) is 2.48. The molecule has 1 aromatic heterocycles. The first-order valence-electron chi connectivity index (χ1n) is 8.16. The van der Waals surface area contributed by atoms with E-state index in [9.17, 15) is 8.78 Å². The number of hydrogen-bond acceptors (Lipinski definition) is 3. The Morgan fingerprint density at radius 1 is 1.13 bits per heavy atom. The highest BCUT2D eigenvalue weighted by Gasteiger charge is 2.29. The third-order valence-corrected chi connectivity index (χ3v) is 4.79. The number of likely N-dealkylation sites (tertiary alicyclic amines) is 1. The molecule has 4 nitrogen and oxygen atoms in total. The van der Waals surface area contributed by atoms with Crippen molar-refractivity contribution in [3.63, 3.8) is 0 Å². The fourth-order valence-corrected chi connectivity index (χ4v) is 3.64. The molecule has 1 N–H and O–H groups in total. The van der Waals surface area contributed by atoms with E-state index in [-0.39, 0.29) is 5.69 Å². The van der Waals surface area contributed by atoms with Gasteiger partial charge in [-0.1, -0.05) is 0 Å². The molecule has 4 rings (SSSR count). The van der Waals surface area contributed by atoms with Gasteiger partial charge in [0.25, 0.3) is 0 Å². The van der Waals surface area contributed by atoms with Crippen molar-refractivity contribution in [1.82, 2.24) is 20.0 Å². The molecule has 3 heterocycles. The Labute approximate surface area is 134 Å². The standard InChI is InChI=1S/C17H20F2N4/c18-12-1-4-17(16(19)9-12)23-8-6-15(21-23)11-22-7-5-13-2-3-14(10-22)20-13/h1,4,6,8-9,13-14,20H,2-3,5,7,10-11H2. The van der Waals surface area contributed by atoms with E-state index in [2.05, 4.69) is 15.3 Å². The molecule has 2 saturated heterocycles. The number of benzene rings is 1.